The third-order valence-corrected chi connectivity index (χ3v) is 4.26. The van der Waals surface area contributed by atoms with Gasteiger partial charge >= 0.3 is 0 Å². The predicted molar refractivity (Wildman–Crippen MR) is 124 cm³/mol. The average Bonchev–Trinajstić information content (AvgIpc) is 2.74. The monoisotopic (exact) mass is 418 g/mol. The summed E-state index contributed by atoms with van der Waals surface area (Å²) in [6, 6.07) is 5.77. The number of aryl methyl sites for hydroxylation is 1. The molecule has 0 atom stereocenters. The second kappa shape index (κ2) is 9.75. The molecule has 0 radical (unpaired) electrons. The number of nitrogens with one attached hydrogen (secondary N) is 1. The van der Waals surface area contributed by atoms with E-state index in [-0.39, 0.29) is 12.0 Å². The van der Waals surface area contributed by atoms with E-state index in [0.717, 1.165) is 16.8 Å². The third kappa shape index (κ3) is 5.59. The maximum Gasteiger partial charge on any atom is 0.223 e. The summed E-state index contributed by atoms with van der Waals surface area (Å²) in [4.78, 5) is 26.2. The van der Waals surface area contributed by atoms with E-state index in [1.165, 1.54) is 0 Å². The first-order valence-corrected chi connectivity index (χ1v) is 9.85. The summed E-state index contributed by atoms with van der Waals surface area (Å²) in [5, 5.41) is 3.27. The van der Waals surface area contributed by atoms with E-state index in [2.05, 4.69) is 35.2 Å². The van der Waals surface area contributed by atoms with Gasteiger partial charge in [0.2, 0.25) is 11.8 Å². The molecule has 0 spiro atoms. The van der Waals surface area contributed by atoms with E-state index < -0.39 is 0 Å². The molecule has 3 N–H and O–H groups in total. The van der Waals surface area contributed by atoms with E-state index in [4.69, 9.17) is 10.5 Å². The molecule has 0 amide bonds. The first-order chi connectivity index (χ1) is 14.9. The van der Waals surface area contributed by atoms with Crippen LogP contribution in [0.2, 0.25) is 0 Å². The summed E-state index contributed by atoms with van der Waals surface area (Å²) in [6.45, 7) is 7.78. The molecule has 0 saturated heterocycles. The van der Waals surface area contributed by atoms with E-state index in [1.54, 1.807) is 32.5 Å². The zero-order valence-corrected chi connectivity index (χ0v) is 18.3. The standard InChI is InChI=1S/C22H26N8O/c1-6-15(10-24-13(2)3)16-9-18(21-27-14(4)28-22(23)30-21)20(26-11-16)29-17-7-8-19(31-5)25-12-17/h6-13H,1-5H3,(H,26,29)(H2,23,27,28,30). The largest absolute Gasteiger partial charge is 0.481 e. The molecular weight excluding hydrogens is 392 g/mol. The number of anilines is 3. The Morgan fingerprint density at radius 1 is 1.16 bits per heavy atom. The van der Waals surface area contributed by atoms with Gasteiger partial charge in [0.25, 0.3) is 0 Å². The molecule has 3 aromatic rings. The van der Waals surface area contributed by atoms with Crippen LogP contribution in [-0.4, -0.2) is 44.3 Å². The molecule has 0 saturated carbocycles. The number of nitrogens with two attached hydrogens (primary N) is 1. The average molecular weight is 419 g/mol. The first kappa shape index (κ1) is 21.8. The lowest BCUT2D eigenvalue weighted by atomic mass is 10.1. The Morgan fingerprint density at radius 3 is 2.58 bits per heavy atom. The molecule has 3 aromatic heterocycles. The molecule has 9 nitrogen and oxygen atoms in total. The highest BCUT2D eigenvalue weighted by atomic mass is 16.5. The highest BCUT2D eigenvalue weighted by Crippen LogP contribution is 2.29. The van der Waals surface area contributed by atoms with Gasteiger partial charge in [-0.05, 0) is 45.4 Å². The Labute approximate surface area is 181 Å². The molecule has 9 heteroatoms. The Hall–Kier alpha value is -3.88. The molecule has 0 fully saturated rings. The summed E-state index contributed by atoms with van der Waals surface area (Å²) in [6.07, 6.45) is 7.28. The lowest BCUT2D eigenvalue weighted by molar-refractivity contribution is 0.398. The fourth-order valence-corrected chi connectivity index (χ4v) is 2.77. The number of allylic oxidation sites excluding steroid dienone is 2. The van der Waals surface area contributed by atoms with Crippen molar-refractivity contribution in [3.05, 3.63) is 48.1 Å². The van der Waals surface area contributed by atoms with Crippen LogP contribution in [0, 0.1) is 6.92 Å². The van der Waals surface area contributed by atoms with E-state index in [9.17, 15) is 0 Å². The van der Waals surface area contributed by atoms with Crippen molar-refractivity contribution in [2.75, 3.05) is 18.2 Å². The lowest BCUT2D eigenvalue weighted by Gasteiger charge is -2.13. The van der Waals surface area contributed by atoms with Crippen molar-refractivity contribution < 1.29 is 4.74 Å². The number of hydrogen-bond donors (Lipinski definition) is 2. The summed E-state index contributed by atoms with van der Waals surface area (Å²) >= 11 is 0. The zero-order valence-electron chi connectivity index (χ0n) is 18.3. The van der Waals surface area contributed by atoms with E-state index in [0.29, 0.717) is 28.9 Å². The van der Waals surface area contributed by atoms with Crippen LogP contribution in [0.1, 0.15) is 32.2 Å². The fourth-order valence-electron chi connectivity index (χ4n) is 2.77. The Bertz CT molecular complexity index is 1090. The van der Waals surface area contributed by atoms with Crippen molar-refractivity contribution in [2.24, 2.45) is 4.99 Å². The van der Waals surface area contributed by atoms with Crippen molar-refractivity contribution in [3.8, 4) is 17.3 Å². The van der Waals surface area contributed by atoms with Crippen LogP contribution in [0.4, 0.5) is 17.5 Å². The van der Waals surface area contributed by atoms with Gasteiger partial charge in [-0.1, -0.05) is 6.08 Å². The van der Waals surface area contributed by atoms with Crippen molar-refractivity contribution in [1.82, 2.24) is 24.9 Å². The number of ether oxygens (including phenoxy) is 1. The van der Waals surface area contributed by atoms with Crippen LogP contribution in [0.15, 0.2) is 41.7 Å². The molecule has 0 bridgehead atoms. The zero-order chi connectivity index (χ0) is 22.4. The van der Waals surface area contributed by atoms with Crippen LogP contribution in [0.5, 0.6) is 5.88 Å². The van der Waals surface area contributed by atoms with E-state index >= 15 is 0 Å². The maximum absolute atomic E-state index is 5.88. The molecule has 3 rings (SSSR count). The number of nitrogen functional groups attached to an aromatic ring is 1. The van der Waals surface area contributed by atoms with Crippen molar-refractivity contribution in [1.29, 1.82) is 0 Å². The topological polar surface area (TPSA) is 124 Å². The summed E-state index contributed by atoms with van der Waals surface area (Å²) < 4.78 is 5.12. The fraction of sp³-hybridized carbons (Fsp3) is 0.273. The predicted octanol–water partition coefficient (Wildman–Crippen LogP) is 3.85. The molecular formula is C22H26N8O. The smallest absolute Gasteiger partial charge is 0.223 e. The molecule has 0 aromatic carbocycles. The minimum atomic E-state index is 0.151. The third-order valence-electron chi connectivity index (χ3n) is 4.26. The van der Waals surface area contributed by atoms with Crippen molar-refractivity contribution in [3.63, 3.8) is 0 Å². The molecule has 3 heterocycles. The Morgan fingerprint density at radius 2 is 1.97 bits per heavy atom. The maximum atomic E-state index is 5.88. The van der Waals surface area contributed by atoms with Gasteiger partial charge in [-0.2, -0.15) is 9.97 Å². The van der Waals surface area contributed by atoms with Crippen LogP contribution >= 0.6 is 0 Å². The van der Waals surface area contributed by atoms with Gasteiger partial charge in [-0.25, -0.2) is 15.0 Å². The second-order valence-electron chi connectivity index (χ2n) is 7.01. The highest BCUT2D eigenvalue weighted by molar-refractivity contribution is 6.10. The Balaban J connectivity index is 2.08. The molecule has 31 heavy (non-hydrogen) atoms. The molecule has 0 aliphatic carbocycles. The van der Waals surface area contributed by atoms with E-state index in [1.807, 2.05) is 45.2 Å². The second-order valence-corrected chi connectivity index (χ2v) is 7.01. The highest BCUT2D eigenvalue weighted by Gasteiger charge is 2.15. The minimum absolute atomic E-state index is 0.151. The lowest BCUT2D eigenvalue weighted by Crippen LogP contribution is -2.05. The van der Waals surface area contributed by atoms with Crippen LogP contribution in [0.3, 0.4) is 0 Å². The summed E-state index contributed by atoms with van der Waals surface area (Å²) in [5.74, 6) is 2.20. The summed E-state index contributed by atoms with van der Waals surface area (Å²) in [7, 11) is 1.57. The van der Waals surface area contributed by atoms with Gasteiger partial charge in [0, 0.05) is 30.1 Å². The van der Waals surface area contributed by atoms with Gasteiger partial charge in [0.15, 0.2) is 5.82 Å². The number of methoxy groups -OCH3 is 1. The quantitative estimate of drug-likeness (QED) is 0.554. The number of aromatic nitrogens is 5. The number of aliphatic imine (C=N–C) groups is 1. The number of nitrogens with zero attached hydrogens (tertiary/aromatic N) is 6. The van der Waals surface area contributed by atoms with Crippen LogP contribution in [-0.2, 0) is 0 Å². The molecule has 0 aliphatic heterocycles. The molecule has 0 unspecified atom stereocenters. The minimum Gasteiger partial charge on any atom is -0.481 e. The Kier molecular flexibility index (Phi) is 6.86. The van der Waals surface area contributed by atoms with Crippen LogP contribution < -0.4 is 15.8 Å². The summed E-state index contributed by atoms with van der Waals surface area (Å²) in [5.41, 5.74) is 9.13. The van der Waals surface area contributed by atoms with Gasteiger partial charge in [-0.15, -0.1) is 0 Å². The first-order valence-electron chi connectivity index (χ1n) is 9.85. The number of pyridine rings is 2. The number of hydrogen-bond acceptors (Lipinski definition) is 9. The normalized spacial score (nSPS) is 11.9. The van der Waals surface area contributed by atoms with Gasteiger partial charge in [0.1, 0.15) is 11.6 Å². The van der Waals surface area contributed by atoms with Gasteiger partial charge < -0.3 is 15.8 Å². The number of rotatable bonds is 7. The van der Waals surface area contributed by atoms with Crippen molar-refractivity contribution >= 4 is 29.2 Å². The van der Waals surface area contributed by atoms with Gasteiger partial charge in [-0.3, -0.25) is 4.99 Å². The molecule has 0 aliphatic rings. The van der Waals surface area contributed by atoms with Gasteiger partial charge in [0.05, 0.1) is 24.6 Å². The van der Waals surface area contributed by atoms with Crippen LogP contribution in [0.25, 0.3) is 17.0 Å². The van der Waals surface area contributed by atoms with Crippen molar-refractivity contribution in [2.45, 2.75) is 33.7 Å². The molecule has 160 valence electrons. The SMILES string of the molecule is CC=C(C=NC(C)C)c1cnc(Nc2ccc(OC)nc2)c(-c2nc(C)nc(N)n2)c1.